The second-order valence-electron chi connectivity index (χ2n) is 7.26. The highest BCUT2D eigenvalue weighted by Crippen LogP contribution is 2.24. The van der Waals surface area contributed by atoms with Crippen molar-refractivity contribution < 1.29 is 9.47 Å². The maximum absolute atomic E-state index is 6.31. The van der Waals surface area contributed by atoms with E-state index in [9.17, 15) is 0 Å². The standard InChI is InChI=1S/C21H27N3O2/c1-16-13-18(23-21(22-16)17-5-3-2-4-6-17)14-19-7-8-20(26-19)15-24-9-11-25-12-10-24/h2-6,13,19-20H,7-12,14-15H2,1H3/t19-,20+/m0/s1. The van der Waals surface area contributed by atoms with Crippen molar-refractivity contribution in [3.63, 3.8) is 0 Å². The molecule has 3 heterocycles. The Labute approximate surface area is 155 Å². The molecule has 0 bridgehead atoms. The van der Waals surface area contributed by atoms with Gasteiger partial charge in [-0.1, -0.05) is 30.3 Å². The Balaban J connectivity index is 1.38. The first-order chi connectivity index (χ1) is 12.8. The Morgan fingerprint density at radius 3 is 2.62 bits per heavy atom. The highest BCUT2D eigenvalue weighted by atomic mass is 16.5. The van der Waals surface area contributed by atoms with E-state index in [-0.39, 0.29) is 6.10 Å². The number of nitrogens with zero attached hydrogens (tertiary/aromatic N) is 3. The van der Waals surface area contributed by atoms with Gasteiger partial charge in [0.25, 0.3) is 0 Å². The maximum atomic E-state index is 6.31. The Morgan fingerprint density at radius 1 is 1.04 bits per heavy atom. The minimum atomic E-state index is 0.263. The van der Waals surface area contributed by atoms with Gasteiger partial charge in [-0.2, -0.15) is 0 Å². The molecule has 0 spiro atoms. The van der Waals surface area contributed by atoms with Crippen molar-refractivity contribution in [2.75, 3.05) is 32.8 Å². The lowest BCUT2D eigenvalue weighted by Gasteiger charge is -2.28. The van der Waals surface area contributed by atoms with Gasteiger partial charge in [0.1, 0.15) is 0 Å². The average Bonchev–Trinajstić information content (AvgIpc) is 3.09. The van der Waals surface area contributed by atoms with E-state index in [2.05, 4.69) is 28.1 Å². The predicted octanol–water partition coefficient (Wildman–Crippen LogP) is 2.87. The number of aromatic nitrogens is 2. The summed E-state index contributed by atoms with van der Waals surface area (Å²) in [6.45, 7) is 6.80. The lowest BCUT2D eigenvalue weighted by atomic mass is 10.1. The van der Waals surface area contributed by atoms with Crippen molar-refractivity contribution in [1.29, 1.82) is 0 Å². The van der Waals surface area contributed by atoms with Crippen molar-refractivity contribution in [1.82, 2.24) is 14.9 Å². The van der Waals surface area contributed by atoms with Gasteiger partial charge in [-0.3, -0.25) is 4.90 Å². The smallest absolute Gasteiger partial charge is 0.159 e. The van der Waals surface area contributed by atoms with Crippen LogP contribution in [0.1, 0.15) is 24.2 Å². The molecule has 2 aromatic rings. The van der Waals surface area contributed by atoms with Crippen LogP contribution in [0.2, 0.25) is 0 Å². The van der Waals surface area contributed by atoms with Crippen molar-refractivity contribution in [3.05, 3.63) is 47.8 Å². The summed E-state index contributed by atoms with van der Waals surface area (Å²) in [4.78, 5) is 11.8. The van der Waals surface area contributed by atoms with Gasteiger partial charge < -0.3 is 9.47 Å². The highest BCUT2D eigenvalue weighted by molar-refractivity contribution is 5.54. The summed E-state index contributed by atoms with van der Waals surface area (Å²) in [5, 5.41) is 0. The molecule has 2 aliphatic heterocycles. The molecule has 1 aromatic carbocycles. The summed E-state index contributed by atoms with van der Waals surface area (Å²) in [7, 11) is 0. The monoisotopic (exact) mass is 353 g/mol. The van der Waals surface area contributed by atoms with Gasteiger partial charge in [0.2, 0.25) is 0 Å². The molecule has 2 aliphatic rings. The van der Waals surface area contributed by atoms with Gasteiger partial charge in [-0.05, 0) is 25.8 Å². The van der Waals surface area contributed by atoms with Crippen molar-refractivity contribution >= 4 is 0 Å². The first-order valence-corrected chi connectivity index (χ1v) is 9.62. The molecule has 2 saturated heterocycles. The molecule has 5 heteroatoms. The largest absolute Gasteiger partial charge is 0.379 e. The Hall–Kier alpha value is -1.82. The van der Waals surface area contributed by atoms with Crippen LogP contribution >= 0.6 is 0 Å². The molecule has 4 rings (SSSR count). The fourth-order valence-electron chi connectivity index (χ4n) is 3.82. The summed E-state index contributed by atoms with van der Waals surface area (Å²) in [6, 6.07) is 12.3. The molecule has 0 saturated carbocycles. The van der Waals surface area contributed by atoms with Gasteiger partial charge in [0, 0.05) is 43.0 Å². The van der Waals surface area contributed by atoms with Crippen LogP contribution in [-0.2, 0) is 15.9 Å². The molecule has 26 heavy (non-hydrogen) atoms. The van der Waals surface area contributed by atoms with E-state index < -0.39 is 0 Å². The van der Waals surface area contributed by atoms with Crippen molar-refractivity contribution in [2.24, 2.45) is 0 Å². The van der Waals surface area contributed by atoms with Crippen LogP contribution in [0.5, 0.6) is 0 Å². The quantitative estimate of drug-likeness (QED) is 0.827. The van der Waals surface area contributed by atoms with Crippen LogP contribution in [-0.4, -0.2) is 59.9 Å². The van der Waals surface area contributed by atoms with Crippen LogP contribution < -0.4 is 0 Å². The third kappa shape index (κ3) is 4.47. The number of rotatable bonds is 5. The van der Waals surface area contributed by atoms with E-state index >= 15 is 0 Å². The molecule has 1 aromatic heterocycles. The van der Waals surface area contributed by atoms with Crippen LogP contribution in [0.15, 0.2) is 36.4 Å². The van der Waals surface area contributed by atoms with Gasteiger partial charge in [-0.25, -0.2) is 9.97 Å². The highest BCUT2D eigenvalue weighted by Gasteiger charge is 2.28. The van der Waals surface area contributed by atoms with E-state index in [1.165, 1.54) is 0 Å². The predicted molar refractivity (Wildman–Crippen MR) is 101 cm³/mol. The van der Waals surface area contributed by atoms with Gasteiger partial charge in [-0.15, -0.1) is 0 Å². The summed E-state index contributed by atoms with van der Waals surface area (Å²) in [5.74, 6) is 0.809. The van der Waals surface area contributed by atoms with E-state index in [0.717, 1.165) is 74.9 Å². The molecule has 0 unspecified atom stereocenters. The minimum absolute atomic E-state index is 0.263. The lowest BCUT2D eigenvalue weighted by molar-refractivity contribution is -0.0110. The fourth-order valence-corrected chi connectivity index (χ4v) is 3.82. The minimum Gasteiger partial charge on any atom is -0.379 e. The molecular formula is C21H27N3O2. The first-order valence-electron chi connectivity index (χ1n) is 9.62. The van der Waals surface area contributed by atoms with E-state index in [4.69, 9.17) is 14.5 Å². The zero-order valence-electron chi connectivity index (χ0n) is 15.4. The zero-order chi connectivity index (χ0) is 17.8. The number of ether oxygens (including phenoxy) is 2. The normalized spacial score (nSPS) is 24.0. The van der Waals surface area contributed by atoms with Crippen LogP contribution in [0.3, 0.4) is 0 Å². The number of morpholine rings is 1. The molecule has 0 N–H and O–H groups in total. The Morgan fingerprint density at radius 2 is 1.81 bits per heavy atom. The number of hydrogen-bond donors (Lipinski definition) is 0. The first kappa shape index (κ1) is 17.6. The molecule has 5 nitrogen and oxygen atoms in total. The summed E-state index contributed by atoms with van der Waals surface area (Å²) in [6.07, 6.45) is 3.72. The molecule has 2 fully saturated rings. The molecule has 2 atom stereocenters. The maximum Gasteiger partial charge on any atom is 0.159 e. The van der Waals surface area contributed by atoms with Crippen molar-refractivity contribution in [3.8, 4) is 11.4 Å². The second kappa shape index (κ2) is 8.25. The molecule has 0 amide bonds. The van der Waals surface area contributed by atoms with E-state index in [0.29, 0.717) is 6.10 Å². The van der Waals surface area contributed by atoms with E-state index in [1.54, 1.807) is 0 Å². The second-order valence-corrected chi connectivity index (χ2v) is 7.26. The lowest BCUT2D eigenvalue weighted by Crippen LogP contribution is -2.41. The van der Waals surface area contributed by atoms with Crippen LogP contribution in [0.25, 0.3) is 11.4 Å². The van der Waals surface area contributed by atoms with E-state index in [1.807, 2.05) is 25.1 Å². The Kier molecular flexibility index (Phi) is 5.58. The van der Waals surface area contributed by atoms with Crippen LogP contribution in [0, 0.1) is 6.92 Å². The summed E-state index contributed by atoms with van der Waals surface area (Å²) < 4.78 is 11.7. The average molecular weight is 353 g/mol. The topological polar surface area (TPSA) is 47.5 Å². The third-order valence-electron chi connectivity index (χ3n) is 5.14. The zero-order valence-corrected chi connectivity index (χ0v) is 15.4. The third-order valence-corrected chi connectivity index (χ3v) is 5.14. The number of aryl methyl sites for hydroxylation is 1. The van der Waals surface area contributed by atoms with Gasteiger partial charge >= 0.3 is 0 Å². The SMILES string of the molecule is Cc1cc(C[C@@H]2CC[C@H](CN3CCOCC3)O2)nc(-c2ccccc2)n1. The molecule has 138 valence electrons. The molecule has 0 radical (unpaired) electrons. The molecule has 0 aliphatic carbocycles. The summed E-state index contributed by atoms with van der Waals surface area (Å²) in [5.41, 5.74) is 3.15. The van der Waals surface area contributed by atoms with Crippen molar-refractivity contribution in [2.45, 2.75) is 38.4 Å². The Bertz CT molecular complexity index is 716. The van der Waals surface area contributed by atoms with Crippen LogP contribution in [0.4, 0.5) is 0 Å². The number of hydrogen-bond acceptors (Lipinski definition) is 5. The molecular weight excluding hydrogens is 326 g/mol. The summed E-state index contributed by atoms with van der Waals surface area (Å²) >= 11 is 0. The number of benzene rings is 1. The van der Waals surface area contributed by atoms with Gasteiger partial charge in [0.05, 0.1) is 25.4 Å². The van der Waals surface area contributed by atoms with Gasteiger partial charge in [0.15, 0.2) is 5.82 Å². The fraction of sp³-hybridized carbons (Fsp3) is 0.524.